The molecule has 1 unspecified atom stereocenters. The third-order valence-electron chi connectivity index (χ3n) is 5.28. The molecule has 0 bridgehead atoms. The van der Waals surface area contributed by atoms with Crippen LogP contribution in [0.15, 0.2) is 24.3 Å². The average Bonchev–Trinajstić information content (AvgIpc) is 2.96. The molecule has 0 radical (unpaired) electrons. The largest absolute Gasteiger partial charge is 0.481 e. The maximum Gasteiger partial charge on any atom is 0.362 e. The predicted molar refractivity (Wildman–Crippen MR) is 104 cm³/mol. The van der Waals surface area contributed by atoms with Crippen molar-refractivity contribution in [3.8, 4) is 5.75 Å². The number of aryl methyl sites for hydroxylation is 3. The Kier molecular flexibility index (Phi) is 5.49. The van der Waals surface area contributed by atoms with Gasteiger partial charge in [0.15, 0.2) is 6.35 Å². The monoisotopic (exact) mass is 392 g/mol. The van der Waals surface area contributed by atoms with E-state index in [9.17, 15) is 8.96 Å². The molecule has 2 N–H and O–H groups in total. The summed E-state index contributed by atoms with van der Waals surface area (Å²) in [5, 5.41) is 0. The molecule has 0 fully saturated rings. The molecule has 27 heavy (non-hydrogen) atoms. The summed E-state index contributed by atoms with van der Waals surface area (Å²) in [5.74, 6) is 0.599. The molecule has 1 aliphatic rings. The van der Waals surface area contributed by atoms with Crippen LogP contribution in [0.1, 0.15) is 65.5 Å². The summed E-state index contributed by atoms with van der Waals surface area (Å²) in [6, 6.07) is 7.25. The Hall–Kier alpha value is -1.68. The van der Waals surface area contributed by atoms with Gasteiger partial charge in [-0.3, -0.25) is 4.57 Å². The first kappa shape index (κ1) is 20.1. The number of halogens is 1. The second kappa shape index (κ2) is 7.38. The molecule has 6 heteroatoms. The van der Waals surface area contributed by atoms with E-state index in [0.29, 0.717) is 11.7 Å². The van der Waals surface area contributed by atoms with Crippen molar-refractivity contribution in [2.75, 3.05) is 6.35 Å². The Bertz CT molecular complexity index is 917. The number of hydrogen-bond acceptors (Lipinski definition) is 2. The molecule has 4 nitrogen and oxygen atoms in total. The van der Waals surface area contributed by atoms with Gasteiger partial charge >= 0.3 is 7.60 Å². The van der Waals surface area contributed by atoms with E-state index in [1.54, 1.807) is 12.1 Å². The number of ether oxygens (including phenoxy) is 1. The zero-order chi connectivity index (χ0) is 19.9. The van der Waals surface area contributed by atoms with Gasteiger partial charge < -0.3 is 14.5 Å². The van der Waals surface area contributed by atoms with Crippen molar-refractivity contribution >= 4 is 7.60 Å². The minimum atomic E-state index is -4.22. The van der Waals surface area contributed by atoms with Gasteiger partial charge in [0.2, 0.25) is 0 Å². The predicted octanol–water partition coefficient (Wildman–Crippen LogP) is 5.16. The van der Waals surface area contributed by atoms with Crippen LogP contribution in [0.4, 0.5) is 4.39 Å². The lowest BCUT2D eigenvalue weighted by Gasteiger charge is -2.20. The summed E-state index contributed by atoms with van der Waals surface area (Å²) < 4.78 is 31.1. The van der Waals surface area contributed by atoms with E-state index in [4.69, 9.17) is 14.5 Å². The van der Waals surface area contributed by atoms with Crippen molar-refractivity contribution in [1.29, 1.82) is 0 Å². The Balaban J connectivity index is 1.98. The molecule has 0 aliphatic heterocycles. The third-order valence-corrected chi connectivity index (χ3v) is 5.74. The normalized spacial score (nSPS) is 16.7. The van der Waals surface area contributed by atoms with E-state index in [-0.39, 0.29) is 11.7 Å². The first-order valence-corrected chi connectivity index (χ1v) is 11.0. The lowest BCUT2D eigenvalue weighted by molar-refractivity contribution is 0.300. The van der Waals surface area contributed by atoms with Gasteiger partial charge in [0.1, 0.15) is 11.6 Å². The van der Waals surface area contributed by atoms with Crippen molar-refractivity contribution < 1.29 is 23.5 Å². The van der Waals surface area contributed by atoms with Gasteiger partial charge in [-0.1, -0.05) is 19.9 Å². The summed E-state index contributed by atoms with van der Waals surface area (Å²) >= 11 is 0. The highest BCUT2D eigenvalue weighted by atomic mass is 31.2. The van der Waals surface area contributed by atoms with Crippen LogP contribution >= 0.6 is 7.60 Å². The Labute approximate surface area is 159 Å². The molecular formula is C21H26FO4P. The molecule has 3 rings (SSSR count). The van der Waals surface area contributed by atoms with Gasteiger partial charge in [-0.2, -0.15) is 0 Å². The van der Waals surface area contributed by atoms with Gasteiger partial charge in [-0.05, 0) is 84.2 Å². The minimum Gasteiger partial charge on any atom is -0.481 e. The third kappa shape index (κ3) is 4.26. The number of rotatable bonds is 5. The fraction of sp³-hybridized carbons (Fsp3) is 0.429. The fourth-order valence-corrected chi connectivity index (χ4v) is 4.45. The zero-order valence-electron chi connectivity index (χ0n) is 16.1. The Morgan fingerprint density at radius 1 is 1.19 bits per heavy atom. The van der Waals surface area contributed by atoms with Gasteiger partial charge in [-0.15, -0.1) is 0 Å². The second-order valence-electron chi connectivity index (χ2n) is 7.73. The molecule has 0 saturated carbocycles. The Morgan fingerprint density at radius 2 is 1.89 bits per heavy atom. The first-order valence-electron chi connectivity index (χ1n) is 9.17. The molecule has 0 aromatic heterocycles. The summed E-state index contributed by atoms with van der Waals surface area (Å²) in [7, 11) is -4.22. The maximum atomic E-state index is 14.8. The van der Waals surface area contributed by atoms with Crippen molar-refractivity contribution in [3.63, 3.8) is 0 Å². The van der Waals surface area contributed by atoms with Gasteiger partial charge in [0.25, 0.3) is 0 Å². The summed E-state index contributed by atoms with van der Waals surface area (Å²) in [5.41, 5.74) is 6.00. The number of hydrogen-bond donors (Lipinski definition) is 2. The smallest absolute Gasteiger partial charge is 0.362 e. The summed E-state index contributed by atoms with van der Waals surface area (Å²) in [4.78, 5) is 18.0. The quantitative estimate of drug-likeness (QED) is 0.690. The maximum absolute atomic E-state index is 14.8. The van der Waals surface area contributed by atoms with E-state index in [1.807, 2.05) is 26.0 Å². The molecule has 2 aromatic carbocycles. The second-order valence-corrected chi connectivity index (χ2v) is 9.31. The van der Waals surface area contributed by atoms with Gasteiger partial charge in [-0.25, -0.2) is 4.39 Å². The topological polar surface area (TPSA) is 66.8 Å². The highest BCUT2D eigenvalue weighted by Crippen LogP contribution is 2.44. The highest BCUT2D eigenvalue weighted by Gasteiger charge is 2.29. The molecule has 146 valence electrons. The SMILES string of the molecule is Cc1cc(F)c(C2CCc3cc(OCP(=O)(O)O)cc(C)c32)cc1C(C)C. The van der Waals surface area contributed by atoms with E-state index < -0.39 is 13.9 Å². The molecule has 2 aromatic rings. The fourth-order valence-electron chi connectivity index (χ4n) is 4.13. The van der Waals surface area contributed by atoms with E-state index in [0.717, 1.165) is 40.7 Å². The molecule has 1 atom stereocenters. The van der Waals surface area contributed by atoms with Gasteiger partial charge in [0.05, 0.1) is 0 Å². The van der Waals surface area contributed by atoms with Crippen LogP contribution in [-0.2, 0) is 11.0 Å². The molecule has 0 saturated heterocycles. The van der Waals surface area contributed by atoms with Gasteiger partial charge in [0, 0.05) is 5.92 Å². The zero-order valence-corrected chi connectivity index (χ0v) is 17.0. The summed E-state index contributed by atoms with van der Waals surface area (Å²) in [6.45, 7) is 8.11. The van der Waals surface area contributed by atoms with Crippen molar-refractivity contribution in [1.82, 2.24) is 0 Å². The average molecular weight is 392 g/mol. The van der Waals surface area contributed by atoms with Crippen molar-refractivity contribution in [2.45, 2.75) is 52.4 Å². The molecule has 0 spiro atoms. The van der Waals surface area contributed by atoms with Crippen LogP contribution in [0.25, 0.3) is 0 Å². The molecule has 0 amide bonds. The van der Waals surface area contributed by atoms with E-state index in [2.05, 4.69) is 13.8 Å². The highest BCUT2D eigenvalue weighted by molar-refractivity contribution is 7.51. The standard InChI is InChI=1S/C21H26FO4P/c1-12(2)18-10-19(20(22)8-13(18)3)17-6-5-15-9-16(7-14(4)21(15)17)26-11-27(23,24)25/h7-10,12,17H,5-6,11H2,1-4H3,(H2,23,24,25). The van der Waals surface area contributed by atoms with Crippen molar-refractivity contribution in [2.24, 2.45) is 0 Å². The van der Waals surface area contributed by atoms with Crippen LogP contribution < -0.4 is 4.74 Å². The lowest BCUT2D eigenvalue weighted by atomic mass is 9.86. The van der Waals surface area contributed by atoms with Crippen LogP contribution in [0.5, 0.6) is 5.75 Å². The first-order chi connectivity index (χ1) is 12.6. The molecular weight excluding hydrogens is 366 g/mol. The number of benzene rings is 2. The molecule has 0 heterocycles. The lowest BCUT2D eigenvalue weighted by Crippen LogP contribution is -2.06. The minimum absolute atomic E-state index is 0.00562. The Morgan fingerprint density at radius 3 is 2.52 bits per heavy atom. The van der Waals surface area contributed by atoms with E-state index >= 15 is 0 Å². The van der Waals surface area contributed by atoms with Crippen LogP contribution in [0, 0.1) is 19.7 Å². The van der Waals surface area contributed by atoms with E-state index in [1.165, 1.54) is 5.56 Å². The number of fused-ring (bicyclic) bond motifs is 1. The summed E-state index contributed by atoms with van der Waals surface area (Å²) in [6.07, 6.45) is 0.965. The van der Waals surface area contributed by atoms with Crippen molar-refractivity contribution in [3.05, 3.63) is 63.5 Å². The van der Waals surface area contributed by atoms with Crippen LogP contribution in [-0.4, -0.2) is 16.1 Å². The molecule has 1 aliphatic carbocycles. The van der Waals surface area contributed by atoms with Crippen LogP contribution in [0.2, 0.25) is 0 Å². The van der Waals surface area contributed by atoms with Crippen LogP contribution in [0.3, 0.4) is 0 Å².